The van der Waals surface area contributed by atoms with E-state index in [-0.39, 0.29) is 29.7 Å². The van der Waals surface area contributed by atoms with E-state index in [1.807, 2.05) is 31.2 Å². The second-order valence-electron chi connectivity index (χ2n) is 7.94. The molecule has 2 amide bonds. The van der Waals surface area contributed by atoms with Crippen molar-refractivity contribution >= 4 is 27.5 Å². The Balaban J connectivity index is 1.45. The van der Waals surface area contributed by atoms with Gasteiger partial charge in [-0.15, -0.1) is 0 Å². The molecule has 0 atom stereocenters. The Morgan fingerprint density at radius 3 is 2.31 bits per heavy atom. The number of rotatable bonds is 9. The molecule has 1 fully saturated rings. The Hall–Kier alpha value is -2.71. The fraction of sp³-hybridized carbons (Fsp3) is 0.417. The van der Waals surface area contributed by atoms with Crippen molar-refractivity contribution in [2.75, 3.05) is 25.0 Å². The van der Waals surface area contributed by atoms with Crippen molar-refractivity contribution in [3.8, 4) is 0 Å². The van der Waals surface area contributed by atoms with Gasteiger partial charge in [0, 0.05) is 25.2 Å². The van der Waals surface area contributed by atoms with Gasteiger partial charge in [-0.1, -0.05) is 43.7 Å². The van der Waals surface area contributed by atoms with Gasteiger partial charge in [0.15, 0.2) is 0 Å². The van der Waals surface area contributed by atoms with Crippen LogP contribution in [-0.2, 0) is 32.5 Å². The third-order valence-corrected chi connectivity index (χ3v) is 7.55. The summed E-state index contributed by atoms with van der Waals surface area (Å²) in [7, 11) is -3.45. The fourth-order valence-electron chi connectivity index (χ4n) is 3.75. The molecule has 0 aliphatic carbocycles. The number of sulfonamides is 1. The third-order valence-electron chi connectivity index (χ3n) is 5.64. The number of amides is 2. The van der Waals surface area contributed by atoms with Crippen molar-refractivity contribution in [3.63, 3.8) is 0 Å². The van der Waals surface area contributed by atoms with Crippen LogP contribution in [-0.4, -0.2) is 44.2 Å². The number of nitrogens with zero attached hydrogens (tertiary/aromatic N) is 1. The number of para-hydroxylation sites is 1. The van der Waals surface area contributed by atoms with Gasteiger partial charge in [0.25, 0.3) is 0 Å². The Bertz CT molecular complexity index is 1030. The quantitative estimate of drug-likeness (QED) is 0.605. The number of carbonyl (C=O) groups excluding carboxylic acids is 2. The number of piperidine rings is 1. The van der Waals surface area contributed by atoms with Crippen LogP contribution in [0.3, 0.4) is 0 Å². The lowest BCUT2D eigenvalue weighted by Crippen LogP contribution is -2.35. The lowest BCUT2D eigenvalue weighted by molar-refractivity contribution is -0.124. The Labute approximate surface area is 190 Å². The Morgan fingerprint density at radius 2 is 1.62 bits per heavy atom. The van der Waals surface area contributed by atoms with Gasteiger partial charge in [-0.25, -0.2) is 8.42 Å². The van der Waals surface area contributed by atoms with Gasteiger partial charge < -0.3 is 10.6 Å². The van der Waals surface area contributed by atoms with E-state index >= 15 is 0 Å². The number of hydrogen-bond acceptors (Lipinski definition) is 4. The van der Waals surface area contributed by atoms with Crippen LogP contribution in [0.2, 0.25) is 0 Å². The highest BCUT2D eigenvalue weighted by Gasteiger charge is 2.25. The van der Waals surface area contributed by atoms with Gasteiger partial charge in [0.05, 0.1) is 11.4 Å². The highest BCUT2D eigenvalue weighted by Crippen LogP contribution is 2.21. The molecule has 2 N–H and O–H groups in total. The first-order chi connectivity index (χ1) is 15.4. The molecule has 7 nitrogen and oxygen atoms in total. The minimum absolute atomic E-state index is 0.0934. The van der Waals surface area contributed by atoms with Gasteiger partial charge in [-0.05, 0) is 55.0 Å². The first-order valence-electron chi connectivity index (χ1n) is 11.1. The molecule has 1 heterocycles. The summed E-state index contributed by atoms with van der Waals surface area (Å²) < 4.78 is 27.0. The van der Waals surface area contributed by atoms with Crippen LogP contribution in [0.15, 0.2) is 53.4 Å². The topological polar surface area (TPSA) is 95.6 Å². The van der Waals surface area contributed by atoms with Crippen LogP contribution in [0.25, 0.3) is 0 Å². The predicted octanol–water partition coefficient (Wildman–Crippen LogP) is 3.11. The smallest absolute Gasteiger partial charge is 0.243 e. The van der Waals surface area contributed by atoms with Gasteiger partial charge in [0.1, 0.15) is 0 Å². The zero-order valence-corrected chi connectivity index (χ0v) is 19.3. The largest absolute Gasteiger partial charge is 0.347 e. The second-order valence-corrected chi connectivity index (χ2v) is 9.88. The van der Waals surface area contributed by atoms with E-state index in [1.165, 1.54) is 0 Å². The highest BCUT2D eigenvalue weighted by atomic mass is 32.2. The molecule has 0 saturated carbocycles. The summed E-state index contributed by atoms with van der Waals surface area (Å²) in [4.78, 5) is 24.6. The average Bonchev–Trinajstić information content (AvgIpc) is 2.82. The van der Waals surface area contributed by atoms with Crippen molar-refractivity contribution in [2.24, 2.45) is 0 Å². The van der Waals surface area contributed by atoms with Crippen LogP contribution in [0, 0.1) is 0 Å². The molecule has 0 radical (unpaired) electrons. The maximum absolute atomic E-state index is 12.7. The number of benzene rings is 2. The minimum atomic E-state index is -3.45. The molecule has 2 aromatic rings. The SMILES string of the molecule is CCc1ccccc1NC(=O)CNC(=O)CCc1ccc(S(=O)(=O)N2CCCCC2)cc1. The first kappa shape index (κ1) is 23.9. The number of anilines is 1. The Kier molecular flexibility index (Phi) is 8.41. The lowest BCUT2D eigenvalue weighted by Gasteiger charge is -2.25. The van der Waals surface area contributed by atoms with Gasteiger partial charge in [-0.2, -0.15) is 4.31 Å². The molecular formula is C24H31N3O4S. The monoisotopic (exact) mass is 457 g/mol. The zero-order chi connectivity index (χ0) is 23.0. The normalized spacial score (nSPS) is 14.7. The molecule has 1 aliphatic rings. The number of aryl methyl sites for hydroxylation is 2. The molecule has 8 heteroatoms. The standard InChI is InChI=1S/C24H31N3O4S/c1-2-20-8-4-5-9-22(20)26-24(29)18-25-23(28)15-12-19-10-13-21(14-11-19)32(30,31)27-16-6-3-7-17-27/h4-5,8-11,13-14H,2-3,6-7,12,15-18H2,1H3,(H,25,28)(H,26,29). The summed E-state index contributed by atoms with van der Waals surface area (Å²) in [5.74, 6) is -0.500. The molecule has 0 unspecified atom stereocenters. The highest BCUT2D eigenvalue weighted by molar-refractivity contribution is 7.89. The van der Waals surface area contributed by atoms with Crippen molar-refractivity contribution in [3.05, 3.63) is 59.7 Å². The van der Waals surface area contributed by atoms with Crippen molar-refractivity contribution in [1.29, 1.82) is 0 Å². The third kappa shape index (κ3) is 6.40. The fourth-order valence-corrected chi connectivity index (χ4v) is 5.27. The summed E-state index contributed by atoms with van der Waals surface area (Å²) >= 11 is 0. The summed E-state index contributed by atoms with van der Waals surface area (Å²) in [6, 6.07) is 14.3. The second kappa shape index (κ2) is 11.2. The van der Waals surface area contributed by atoms with Crippen LogP contribution >= 0.6 is 0 Å². The zero-order valence-electron chi connectivity index (χ0n) is 18.5. The molecule has 0 bridgehead atoms. The summed E-state index contributed by atoms with van der Waals surface area (Å²) in [6.07, 6.45) is 4.36. The van der Waals surface area contributed by atoms with Crippen molar-refractivity contribution in [1.82, 2.24) is 9.62 Å². The molecule has 0 spiro atoms. The predicted molar refractivity (Wildman–Crippen MR) is 125 cm³/mol. The molecule has 1 saturated heterocycles. The molecule has 32 heavy (non-hydrogen) atoms. The van der Waals surface area contributed by atoms with E-state index in [9.17, 15) is 18.0 Å². The van der Waals surface area contributed by atoms with E-state index in [0.29, 0.717) is 19.5 Å². The van der Waals surface area contributed by atoms with Gasteiger partial charge in [0.2, 0.25) is 21.8 Å². The molecule has 3 rings (SSSR count). The van der Waals surface area contributed by atoms with Crippen molar-refractivity contribution in [2.45, 2.75) is 50.3 Å². The molecular weight excluding hydrogens is 426 g/mol. The van der Waals surface area contributed by atoms with Crippen LogP contribution in [0.4, 0.5) is 5.69 Å². The van der Waals surface area contributed by atoms with E-state index in [4.69, 9.17) is 0 Å². The average molecular weight is 458 g/mol. The van der Waals surface area contributed by atoms with E-state index in [0.717, 1.165) is 42.5 Å². The first-order valence-corrected chi connectivity index (χ1v) is 12.6. The van der Waals surface area contributed by atoms with Crippen LogP contribution < -0.4 is 10.6 Å². The number of hydrogen-bond donors (Lipinski definition) is 2. The van der Waals surface area contributed by atoms with E-state index in [2.05, 4.69) is 10.6 Å². The van der Waals surface area contributed by atoms with Gasteiger partial charge >= 0.3 is 0 Å². The lowest BCUT2D eigenvalue weighted by atomic mass is 10.1. The van der Waals surface area contributed by atoms with Crippen molar-refractivity contribution < 1.29 is 18.0 Å². The summed E-state index contributed by atoms with van der Waals surface area (Å²) in [5, 5.41) is 5.46. The molecule has 1 aliphatic heterocycles. The number of nitrogens with one attached hydrogen (secondary N) is 2. The van der Waals surface area contributed by atoms with E-state index in [1.54, 1.807) is 28.6 Å². The van der Waals surface area contributed by atoms with Crippen LogP contribution in [0.1, 0.15) is 43.7 Å². The summed E-state index contributed by atoms with van der Waals surface area (Å²) in [5.41, 5.74) is 2.67. The Morgan fingerprint density at radius 1 is 0.938 bits per heavy atom. The van der Waals surface area contributed by atoms with Crippen LogP contribution in [0.5, 0.6) is 0 Å². The molecule has 2 aromatic carbocycles. The summed E-state index contributed by atoms with van der Waals surface area (Å²) in [6.45, 7) is 3.07. The molecule has 0 aromatic heterocycles. The maximum Gasteiger partial charge on any atom is 0.243 e. The maximum atomic E-state index is 12.7. The van der Waals surface area contributed by atoms with E-state index < -0.39 is 10.0 Å². The molecule has 172 valence electrons. The van der Waals surface area contributed by atoms with Gasteiger partial charge in [-0.3, -0.25) is 9.59 Å². The minimum Gasteiger partial charge on any atom is -0.347 e. The number of carbonyl (C=O) groups is 2.